The van der Waals surface area contributed by atoms with Gasteiger partial charge in [0, 0.05) is 37.6 Å². The minimum Gasteiger partial charge on any atom is -0.260 e. The minimum atomic E-state index is -0.438. The molecule has 0 saturated heterocycles. The third-order valence-electron chi connectivity index (χ3n) is 1.61. The van der Waals surface area contributed by atoms with E-state index in [1.807, 2.05) is 13.8 Å². The molecule has 1 rings (SSSR count). The van der Waals surface area contributed by atoms with Gasteiger partial charge in [-0.2, -0.15) is 17.2 Å². The Kier molecular flexibility index (Phi) is 4.57. The summed E-state index contributed by atoms with van der Waals surface area (Å²) < 4.78 is 0. The Morgan fingerprint density at radius 1 is 1.42 bits per heavy atom. The molecule has 0 unspecified atom stereocenters. The molecule has 0 saturated carbocycles. The fourth-order valence-electron chi connectivity index (χ4n) is 0.762. The number of hydrogen-bond acceptors (Lipinski definition) is 2. The molecule has 0 heterocycles. The molecule has 61 valence electrons. The summed E-state index contributed by atoms with van der Waals surface area (Å²) in [5, 5.41) is 10.2. The summed E-state index contributed by atoms with van der Waals surface area (Å²) >= 11 is 0. The number of hydrogen-bond donors (Lipinski definition) is 0. The van der Waals surface area contributed by atoms with E-state index >= 15 is 0 Å². The number of rotatable bonds is 1. The van der Waals surface area contributed by atoms with Crippen LogP contribution in [0.5, 0.6) is 0 Å². The van der Waals surface area contributed by atoms with E-state index in [-0.39, 0.29) is 38.4 Å². The predicted octanol–water partition coefficient (Wildman–Crippen LogP) is 2.01. The molecule has 3 nitrogen and oxygen atoms in total. The molecule has 0 fully saturated rings. The number of nitro benzene ring substituents is 1. The molecule has 0 aromatic heterocycles. The van der Waals surface area contributed by atoms with Crippen LogP contribution in [0.3, 0.4) is 0 Å². The van der Waals surface area contributed by atoms with Crippen molar-refractivity contribution in [1.29, 1.82) is 0 Å². The van der Waals surface area contributed by atoms with E-state index in [9.17, 15) is 10.1 Å². The Labute approximate surface area is 96.2 Å². The first-order valence-corrected chi connectivity index (χ1v) is 3.24. The van der Waals surface area contributed by atoms with Crippen LogP contribution in [0.15, 0.2) is 12.1 Å². The maximum absolute atomic E-state index is 10.2. The fraction of sp³-hybridized carbons (Fsp3) is 0.250. The minimum absolute atomic E-state index is 0. The summed E-state index contributed by atoms with van der Waals surface area (Å²) in [6.45, 7) is 3.74. The van der Waals surface area contributed by atoms with Crippen molar-refractivity contribution in [1.82, 2.24) is 0 Å². The van der Waals surface area contributed by atoms with E-state index in [0.29, 0.717) is 0 Å². The Morgan fingerprint density at radius 3 is 2.42 bits per heavy atom. The van der Waals surface area contributed by atoms with Gasteiger partial charge < -0.3 is 0 Å². The van der Waals surface area contributed by atoms with Gasteiger partial charge in [0.05, 0.1) is 0 Å². The second-order valence-electron chi connectivity index (χ2n) is 2.44. The van der Waals surface area contributed by atoms with Crippen molar-refractivity contribution in [3.05, 3.63) is 39.4 Å². The molecule has 4 heteroatoms. The van der Waals surface area contributed by atoms with Crippen molar-refractivity contribution in [3.8, 4) is 0 Å². The average Bonchev–Trinajstić information content (AvgIpc) is 1.94. The molecular formula is C8H8NO2Y-. The molecule has 0 aliphatic rings. The molecule has 0 spiro atoms. The van der Waals surface area contributed by atoms with E-state index in [4.69, 9.17) is 0 Å². The summed E-state index contributed by atoms with van der Waals surface area (Å²) in [6.07, 6.45) is 0. The molecule has 1 aromatic carbocycles. The van der Waals surface area contributed by atoms with Gasteiger partial charge in [0.25, 0.3) is 0 Å². The summed E-state index contributed by atoms with van der Waals surface area (Å²) in [5.74, 6) is 0. The summed E-state index contributed by atoms with van der Waals surface area (Å²) in [5.41, 5.74) is 1.99. The summed E-state index contributed by atoms with van der Waals surface area (Å²) in [7, 11) is 0. The molecule has 0 N–H and O–H groups in total. The van der Waals surface area contributed by atoms with Crippen LogP contribution in [0.4, 0.5) is 5.69 Å². The smallest absolute Gasteiger partial charge is 0.162 e. The van der Waals surface area contributed by atoms with E-state index in [1.165, 1.54) is 6.07 Å². The van der Waals surface area contributed by atoms with Crippen molar-refractivity contribution in [3.63, 3.8) is 0 Å². The first kappa shape index (κ1) is 11.7. The first-order valence-electron chi connectivity index (χ1n) is 3.24. The monoisotopic (exact) mass is 239 g/mol. The molecule has 1 radical (unpaired) electrons. The van der Waals surface area contributed by atoms with Crippen molar-refractivity contribution in [2.45, 2.75) is 13.8 Å². The zero-order chi connectivity index (χ0) is 8.43. The largest absolute Gasteiger partial charge is 0.260 e. The fourth-order valence-corrected chi connectivity index (χ4v) is 0.762. The van der Waals surface area contributed by atoms with Crippen LogP contribution in [0, 0.1) is 30.0 Å². The topological polar surface area (TPSA) is 43.1 Å². The van der Waals surface area contributed by atoms with Gasteiger partial charge >= 0.3 is 0 Å². The molecule has 0 amide bonds. The summed E-state index contributed by atoms with van der Waals surface area (Å²) in [6, 6.07) is 5.73. The van der Waals surface area contributed by atoms with Gasteiger partial charge in [-0.1, -0.05) is 19.9 Å². The van der Waals surface area contributed by atoms with Gasteiger partial charge in [-0.05, 0) is 0 Å². The number of benzene rings is 1. The zero-order valence-corrected chi connectivity index (χ0v) is 9.83. The predicted molar refractivity (Wildman–Crippen MR) is 41.4 cm³/mol. The second-order valence-corrected chi connectivity index (χ2v) is 2.44. The molecule has 0 aliphatic carbocycles. The molecular weight excluding hydrogens is 231 g/mol. The third kappa shape index (κ3) is 2.65. The van der Waals surface area contributed by atoms with Crippen LogP contribution in [-0.4, -0.2) is 4.92 Å². The Bertz CT molecular complexity index is 299. The molecule has 1 aromatic rings. The van der Waals surface area contributed by atoms with Crippen LogP contribution in [0.2, 0.25) is 0 Å². The average molecular weight is 239 g/mol. The van der Waals surface area contributed by atoms with E-state index in [2.05, 4.69) is 6.07 Å². The maximum Gasteiger partial charge on any atom is 0.162 e. The van der Waals surface area contributed by atoms with Crippen molar-refractivity contribution < 1.29 is 37.6 Å². The SMILES string of the molecule is Cc1c[c-]c([N+](=O)[O-])cc1C.[Y]. The van der Waals surface area contributed by atoms with Crippen molar-refractivity contribution in [2.24, 2.45) is 0 Å². The number of aryl methyl sites for hydroxylation is 2. The standard InChI is InChI=1S/C8H8NO2.Y/c1-6-3-4-8(9(10)11)5-7(6)2;/h3,5H,1-2H3;/q-1;. The normalized spacial score (nSPS) is 8.83. The van der Waals surface area contributed by atoms with Crippen LogP contribution in [-0.2, 0) is 32.7 Å². The maximum atomic E-state index is 10.2. The zero-order valence-electron chi connectivity index (χ0n) is 7.00. The van der Waals surface area contributed by atoms with Gasteiger partial charge in [0.2, 0.25) is 0 Å². The van der Waals surface area contributed by atoms with Crippen LogP contribution in [0.1, 0.15) is 11.1 Å². The Hall–Kier alpha value is -0.276. The van der Waals surface area contributed by atoms with Gasteiger partial charge in [0.15, 0.2) is 5.69 Å². The van der Waals surface area contributed by atoms with Crippen LogP contribution >= 0.6 is 0 Å². The number of nitrogens with zero attached hydrogens (tertiary/aromatic N) is 1. The Morgan fingerprint density at radius 2 is 2.00 bits per heavy atom. The van der Waals surface area contributed by atoms with Crippen molar-refractivity contribution >= 4 is 5.69 Å². The second kappa shape index (κ2) is 4.68. The van der Waals surface area contributed by atoms with Gasteiger partial charge in [-0.25, -0.2) is 0 Å². The summed E-state index contributed by atoms with van der Waals surface area (Å²) in [4.78, 5) is 9.80. The number of non-ortho nitro benzene ring substituents is 1. The first-order chi connectivity index (χ1) is 5.11. The van der Waals surface area contributed by atoms with Crippen molar-refractivity contribution in [2.75, 3.05) is 0 Å². The Balaban J connectivity index is 0.00000121. The van der Waals surface area contributed by atoms with Crippen LogP contribution < -0.4 is 0 Å². The molecule has 0 aliphatic heterocycles. The van der Waals surface area contributed by atoms with Gasteiger partial charge in [-0.15, -0.1) is 6.07 Å². The molecule has 0 atom stereocenters. The van der Waals surface area contributed by atoms with Crippen LogP contribution in [0.25, 0.3) is 0 Å². The van der Waals surface area contributed by atoms with E-state index in [1.54, 1.807) is 6.07 Å². The third-order valence-corrected chi connectivity index (χ3v) is 1.61. The number of nitro groups is 1. The van der Waals surface area contributed by atoms with E-state index < -0.39 is 4.92 Å². The molecule has 0 bridgehead atoms. The van der Waals surface area contributed by atoms with E-state index in [0.717, 1.165) is 11.1 Å². The van der Waals surface area contributed by atoms with Gasteiger partial charge in [-0.3, -0.25) is 10.1 Å². The molecule has 12 heavy (non-hydrogen) atoms. The van der Waals surface area contributed by atoms with Gasteiger partial charge in [0.1, 0.15) is 0 Å². The quantitative estimate of drug-likeness (QED) is 0.427.